The summed E-state index contributed by atoms with van der Waals surface area (Å²) < 4.78 is 16.8. The third-order valence-electron chi connectivity index (χ3n) is 5.61. The van der Waals surface area contributed by atoms with Crippen molar-refractivity contribution in [3.8, 4) is 11.5 Å². The van der Waals surface area contributed by atoms with E-state index in [1.807, 2.05) is 19.1 Å². The molecule has 0 fully saturated rings. The van der Waals surface area contributed by atoms with Crippen LogP contribution in [0.4, 0.5) is 5.13 Å². The number of benzene rings is 2. The van der Waals surface area contributed by atoms with Crippen LogP contribution in [-0.2, 0) is 6.42 Å². The Labute approximate surface area is 199 Å². The van der Waals surface area contributed by atoms with Gasteiger partial charge in [-0.1, -0.05) is 43.0 Å². The molecule has 0 bridgehead atoms. The van der Waals surface area contributed by atoms with Crippen LogP contribution in [0.5, 0.6) is 11.5 Å². The van der Waals surface area contributed by atoms with Crippen molar-refractivity contribution in [1.29, 1.82) is 0 Å². The molecular formula is C25H21N3O5S. The molecule has 0 aliphatic carbocycles. The van der Waals surface area contributed by atoms with Gasteiger partial charge in [0.1, 0.15) is 28.7 Å². The van der Waals surface area contributed by atoms with E-state index >= 15 is 0 Å². The number of rotatable bonds is 7. The van der Waals surface area contributed by atoms with E-state index in [0.717, 1.165) is 10.6 Å². The van der Waals surface area contributed by atoms with Gasteiger partial charge >= 0.3 is 0 Å². The normalized spacial score (nSPS) is 14.9. The van der Waals surface area contributed by atoms with Gasteiger partial charge in [-0.15, -0.1) is 10.2 Å². The zero-order valence-electron chi connectivity index (χ0n) is 18.6. The molecule has 2 aromatic carbocycles. The van der Waals surface area contributed by atoms with Crippen molar-refractivity contribution in [2.45, 2.75) is 19.4 Å². The molecule has 3 heterocycles. The zero-order chi connectivity index (χ0) is 23.8. The van der Waals surface area contributed by atoms with Crippen molar-refractivity contribution in [2.24, 2.45) is 0 Å². The van der Waals surface area contributed by atoms with Crippen molar-refractivity contribution in [3.05, 3.63) is 87.2 Å². The second-order valence-electron chi connectivity index (χ2n) is 7.61. The molecule has 1 aliphatic rings. The van der Waals surface area contributed by atoms with Crippen molar-refractivity contribution < 1.29 is 18.7 Å². The third-order valence-corrected chi connectivity index (χ3v) is 6.67. The number of aryl methyl sites for hydroxylation is 1. The van der Waals surface area contributed by atoms with Crippen LogP contribution in [0.3, 0.4) is 0 Å². The summed E-state index contributed by atoms with van der Waals surface area (Å²) in [6, 6.07) is 11.5. The largest absolute Gasteiger partial charge is 0.497 e. The van der Waals surface area contributed by atoms with E-state index < -0.39 is 11.9 Å². The summed E-state index contributed by atoms with van der Waals surface area (Å²) in [7, 11) is 1.53. The van der Waals surface area contributed by atoms with Gasteiger partial charge < -0.3 is 13.9 Å². The number of hydrogen-bond donors (Lipinski definition) is 0. The van der Waals surface area contributed by atoms with E-state index in [4.69, 9.17) is 13.9 Å². The highest BCUT2D eigenvalue weighted by Crippen LogP contribution is 2.42. The van der Waals surface area contributed by atoms with Gasteiger partial charge in [-0.05, 0) is 36.2 Å². The summed E-state index contributed by atoms with van der Waals surface area (Å²) in [4.78, 5) is 28.7. The van der Waals surface area contributed by atoms with E-state index in [-0.39, 0.29) is 22.3 Å². The Bertz CT molecular complexity index is 1460. The van der Waals surface area contributed by atoms with Crippen molar-refractivity contribution in [2.75, 3.05) is 18.6 Å². The first-order valence-corrected chi connectivity index (χ1v) is 11.5. The Morgan fingerprint density at radius 3 is 2.59 bits per heavy atom. The Kier molecular flexibility index (Phi) is 5.62. The first-order valence-electron chi connectivity index (χ1n) is 10.7. The Balaban J connectivity index is 1.70. The maximum absolute atomic E-state index is 13.6. The van der Waals surface area contributed by atoms with E-state index in [9.17, 15) is 9.59 Å². The number of hydrogen-bond acceptors (Lipinski definition) is 8. The van der Waals surface area contributed by atoms with Gasteiger partial charge in [0.15, 0.2) is 5.43 Å². The van der Waals surface area contributed by atoms with E-state index in [1.54, 1.807) is 36.4 Å². The van der Waals surface area contributed by atoms with Gasteiger partial charge in [0.25, 0.3) is 5.91 Å². The molecule has 1 aliphatic heterocycles. The highest BCUT2D eigenvalue weighted by Gasteiger charge is 2.45. The smallest absolute Gasteiger partial charge is 0.297 e. The molecule has 172 valence electrons. The van der Waals surface area contributed by atoms with Crippen LogP contribution in [0, 0.1) is 0 Å². The number of amides is 1. The fourth-order valence-electron chi connectivity index (χ4n) is 3.98. The molecule has 0 radical (unpaired) electrons. The summed E-state index contributed by atoms with van der Waals surface area (Å²) in [5.74, 6) is 0.742. The highest BCUT2D eigenvalue weighted by molar-refractivity contribution is 7.15. The molecule has 0 saturated carbocycles. The minimum absolute atomic E-state index is 0.00372. The summed E-state index contributed by atoms with van der Waals surface area (Å²) in [5, 5.41) is 9.98. The van der Waals surface area contributed by atoms with Crippen molar-refractivity contribution in [1.82, 2.24) is 10.2 Å². The number of aromatic nitrogens is 2. The number of carbonyl (C=O) groups excluding carboxylic acids is 1. The van der Waals surface area contributed by atoms with Crippen molar-refractivity contribution >= 4 is 33.3 Å². The lowest BCUT2D eigenvalue weighted by Crippen LogP contribution is -2.29. The molecule has 5 rings (SSSR count). The Hall–Kier alpha value is -3.98. The van der Waals surface area contributed by atoms with Crippen LogP contribution in [0.1, 0.15) is 39.7 Å². The molecule has 34 heavy (non-hydrogen) atoms. The molecule has 1 unspecified atom stereocenters. The van der Waals surface area contributed by atoms with Crippen LogP contribution in [0.25, 0.3) is 11.0 Å². The molecule has 0 spiro atoms. The second-order valence-corrected chi connectivity index (χ2v) is 8.65. The standard InChI is InChI=1S/C25H21N3O5S/c1-4-12-32-15-8-6-14(7-9-15)21-20-22(29)17-11-10-16(31-3)13-18(17)33-23(20)24(30)28(21)25-27-26-19(5-2)34-25/h4,6-11,13,21H,1,5,12H2,2-3H3. The number of anilines is 1. The van der Waals surface area contributed by atoms with Crippen LogP contribution in [0.15, 0.2) is 64.3 Å². The summed E-state index contributed by atoms with van der Waals surface area (Å²) in [5.41, 5.74) is 1.02. The van der Waals surface area contributed by atoms with Crippen LogP contribution in [-0.4, -0.2) is 29.8 Å². The number of methoxy groups -OCH3 is 1. The fourth-order valence-corrected chi connectivity index (χ4v) is 4.78. The molecule has 9 heteroatoms. The average Bonchev–Trinajstić information content (AvgIpc) is 3.45. The first-order chi connectivity index (χ1) is 16.5. The lowest BCUT2D eigenvalue weighted by Gasteiger charge is -2.22. The number of nitrogens with zero attached hydrogens (tertiary/aromatic N) is 3. The predicted octanol–water partition coefficient (Wildman–Crippen LogP) is 4.53. The van der Waals surface area contributed by atoms with Crippen LogP contribution >= 0.6 is 11.3 Å². The molecule has 8 nitrogen and oxygen atoms in total. The van der Waals surface area contributed by atoms with E-state index in [2.05, 4.69) is 16.8 Å². The first kappa shape index (κ1) is 21.8. The number of fused-ring (bicyclic) bond motifs is 2. The molecule has 4 aromatic rings. The number of carbonyl (C=O) groups is 1. The third kappa shape index (κ3) is 3.54. The maximum atomic E-state index is 13.6. The Morgan fingerprint density at radius 2 is 1.91 bits per heavy atom. The van der Waals surface area contributed by atoms with Crippen LogP contribution in [0.2, 0.25) is 0 Å². The minimum Gasteiger partial charge on any atom is -0.497 e. The number of ether oxygens (including phenoxy) is 2. The monoisotopic (exact) mass is 475 g/mol. The fraction of sp³-hybridized carbons (Fsp3) is 0.200. The highest BCUT2D eigenvalue weighted by atomic mass is 32.1. The summed E-state index contributed by atoms with van der Waals surface area (Å²) in [6.45, 7) is 6.00. The van der Waals surface area contributed by atoms with Crippen molar-refractivity contribution in [3.63, 3.8) is 0 Å². The average molecular weight is 476 g/mol. The molecular weight excluding hydrogens is 454 g/mol. The summed E-state index contributed by atoms with van der Waals surface area (Å²) in [6.07, 6.45) is 2.35. The molecule has 1 atom stereocenters. The molecule has 0 saturated heterocycles. The SMILES string of the molecule is C=CCOc1ccc(C2c3c(oc4cc(OC)ccc4c3=O)C(=O)N2c2nnc(CC)s2)cc1. The van der Waals surface area contributed by atoms with Crippen LogP contribution < -0.4 is 19.8 Å². The van der Waals surface area contributed by atoms with Gasteiger partial charge in [0.05, 0.1) is 24.1 Å². The zero-order valence-corrected chi connectivity index (χ0v) is 19.4. The molecule has 1 amide bonds. The molecule has 0 N–H and O–H groups in total. The lowest BCUT2D eigenvalue weighted by molar-refractivity contribution is 0.0970. The van der Waals surface area contributed by atoms with Gasteiger partial charge in [-0.3, -0.25) is 14.5 Å². The maximum Gasteiger partial charge on any atom is 0.297 e. The molecule has 2 aromatic heterocycles. The summed E-state index contributed by atoms with van der Waals surface area (Å²) >= 11 is 1.32. The predicted molar refractivity (Wildman–Crippen MR) is 129 cm³/mol. The van der Waals surface area contributed by atoms with E-state index in [1.165, 1.54) is 23.3 Å². The Morgan fingerprint density at radius 1 is 1.15 bits per heavy atom. The van der Waals surface area contributed by atoms with Gasteiger partial charge in [0, 0.05) is 6.07 Å². The second kappa shape index (κ2) is 8.75. The minimum atomic E-state index is -0.712. The van der Waals surface area contributed by atoms with Gasteiger partial charge in [0.2, 0.25) is 10.9 Å². The quantitative estimate of drug-likeness (QED) is 0.363. The van der Waals surface area contributed by atoms with Gasteiger partial charge in [-0.25, -0.2) is 0 Å². The topological polar surface area (TPSA) is 94.8 Å². The lowest BCUT2D eigenvalue weighted by atomic mass is 9.98. The van der Waals surface area contributed by atoms with E-state index in [0.29, 0.717) is 35.0 Å². The van der Waals surface area contributed by atoms with Gasteiger partial charge in [-0.2, -0.15) is 0 Å².